The van der Waals surface area contributed by atoms with Crippen LogP contribution in [0.3, 0.4) is 0 Å². The number of benzene rings is 6. The van der Waals surface area contributed by atoms with Crippen LogP contribution in [-0.2, 0) is 45.4 Å². The Hall–Kier alpha value is -7.00. The highest BCUT2D eigenvalue weighted by atomic mass is 32.1. The fourth-order valence-electron chi connectivity index (χ4n) is 7.22. The van der Waals surface area contributed by atoms with Crippen LogP contribution in [0.1, 0.15) is 29.2 Å². The molecular formula is C53H46N2O4S2. The van der Waals surface area contributed by atoms with Crippen LogP contribution >= 0.6 is 22.7 Å². The molecule has 0 aliphatic carbocycles. The topological polar surface area (TPSA) is 43.4 Å². The summed E-state index contributed by atoms with van der Waals surface area (Å²) in [7, 11) is 0. The maximum Gasteiger partial charge on any atom is 0.113 e. The molecular weight excluding hydrogens is 793 g/mol. The summed E-state index contributed by atoms with van der Waals surface area (Å²) in [5.74, 6) is 0.690. The van der Waals surface area contributed by atoms with Crippen molar-refractivity contribution in [2.75, 3.05) is 9.80 Å². The van der Waals surface area contributed by atoms with E-state index in [4.69, 9.17) is 18.9 Å². The van der Waals surface area contributed by atoms with Gasteiger partial charge in [0.15, 0.2) is 0 Å². The second kappa shape index (κ2) is 18.9. The van der Waals surface area contributed by atoms with Gasteiger partial charge in [-0.3, -0.25) is 0 Å². The smallest absolute Gasteiger partial charge is 0.113 e. The van der Waals surface area contributed by atoms with Gasteiger partial charge in [-0.15, -0.1) is 22.7 Å². The van der Waals surface area contributed by atoms with Crippen LogP contribution in [0.15, 0.2) is 196 Å². The van der Waals surface area contributed by atoms with E-state index in [1.165, 1.54) is 50.1 Å². The molecule has 0 saturated heterocycles. The predicted molar refractivity (Wildman–Crippen MR) is 257 cm³/mol. The SMILES string of the molecule is C=COCc1ccc(N(c2ccc(COC=C)cc2)c2sc(-c3sc(N(c4ccc(COC=C)cc4)c4ccc(COC(=C)C)cc4)c4ccccc34)c3ccccc23)cc1. The Balaban J connectivity index is 1.29. The van der Waals surface area contributed by atoms with Crippen molar-refractivity contribution in [3.8, 4) is 9.75 Å². The quantitative estimate of drug-likeness (QED) is 0.0756. The minimum atomic E-state index is 0.458. The lowest BCUT2D eigenvalue weighted by molar-refractivity contribution is 0.202. The number of allylic oxidation sites excluding steroid dienone is 1. The number of fused-ring (bicyclic) bond motifs is 2. The summed E-state index contributed by atoms with van der Waals surface area (Å²) in [4.78, 5) is 7.13. The Morgan fingerprint density at radius 1 is 0.443 bits per heavy atom. The van der Waals surface area contributed by atoms with E-state index in [2.05, 4.69) is 182 Å². The molecule has 0 unspecified atom stereocenters. The van der Waals surface area contributed by atoms with E-state index in [1.54, 1.807) is 0 Å². The highest BCUT2D eigenvalue weighted by Crippen LogP contribution is 2.55. The van der Waals surface area contributed by atoms with Gasteiger partial charge in [0.1, 0.15) is 36.4 Å². The van der Waals surface area contributed by atoms with E-state index in [9.17, 15) is 0 Å². The first-order chi connectivity index (χ1) is 29.9. The van der Waals surface area contributed by atoms with Crippen LogP contribution in [0.4, 0.5) is 32.8 Å². The van der Waals surface area contributed by atoms with Gasteiger partial charge >= 0.3 is 0 Å². The van der Waals surface area contributed by atoms with Crippen LogP contribution in [0.5, 0.6) is 0 Å². The lowest BCUT2D eigenvalue weighted by Gasteiger charge is -2.25. The minimum Gasteiger partial charge on any atom is -0.497 e. The summed E-state index contributed by atoms with van der Waals surface area (Å²) in [5.41, 5.74) is 8.42. The monoisotopic (exact) mass is 838 g/mol. The zero-order valence-corrected chi connectivity index (χ0v) is 35.7. The third kappa shape index (κ3) is 8.97. The first kappa shape index (κ1) is 40.8. The maximum atomic E-state index is 5.76. The van der Waals surface area contributed by atoms with E-state index in [-0.39, 0.29) is 0 Å². The van der Waals surface area contributed by atoms with Crippen molar-refractivity contribution in [2.24, 2.45) is 0 Å². The molecule has 0 radical (unpaired) electrons. The largest absolute Gasteiger partial charge is 0.497 e. The van der Waals surface area contributed by atoms with Crippen LogP contribution in [-0.4, -0.2) is 0 Å². The number of anilines is 6. The molecule has 2 aromatic heterocycles. The van der Waals surface area contributed by atoms with Gasteiger partial charge in [0, 0.05) is 44.3 Å². The normalized spacial score (nSPS) is 10.9. The van der Waals surface area contributed by atoms with Gasteiger partial charge in [-0.2, -0.15) is 0 Å². The fraction of sp³-hybridized carbons (Fsp3) is 0.0943. The number of ether oxygens (including phenoxy) is 4. The molecule has 8 heteroatoms. The predicted octanol–water partition coefficient (Wildman–Crippen LogP) is 15.8. The molecule has 0 aliphatic heterocycles. The van der Waals surface area contributed by atoms with E-state index in [1.807, 2.05) is 29.6 Å². The van der Waals surface area contributed by atoms with E-state index in [0.29, 0.717) is 32.2 Å². The van der Waals surface area contributed by atoms with Crippen LogP contribution in [0.25, 0.3) is 31.3 Å². The summed E-state index contributed by atoms with van der Waals surface area (Å²) in [6.07, 6.45) is 4.43. The average Bonchev–Trinajstić information content (AvgIpc) is 3.87. The van der Waals surface area contributed by atoms with Crippen molar-refractivity contribution in [1.82, 2.24) is 0 Å². The summed E-state index contributed by atoms with van der Waals surface area (Å²) < 4.78 is 22.3. The van der Waals surface area contributed by atoms with Crippen LogP contribution < -0.4 is 9.80 Å². The molecule has 8 rings (SSSR count). The number of rotatable bonds is 19. The molecule has 0 atom stereocenters. The van der Waals surface area contributed by atoms with Crippen molar-refractivity contribution < 1.29 is 18.9 Å². The third-order valence-electron chi connectivity index (χ3n) is 10.2. The Morgan fingerprint density at radius 2 is 0.738 bits per heavy atom. The standard InChI is InChI=1S/C53H46N2O4S2/c1-6-56-33-38-17-25-42(26-18-38)54(43-27-19-39(20-28-43)34-57-7-2)52-48-15-11-9-13-46(48)50(60-52)51-47-14-10-12-16-49(47)53(61-51)55(44-29-21-40(22-30-44)35-58-8-3)45-31-23-41(24-32-45)36-59-37(4)5/h6-32H,1-4,33-36H2,5H3. The van der Waals surface area contributed by atoms with Gasteiger partial charge in [0.05, 0.1) is 34.3 Å². The average molecular weight is 839 g/mol. The molecule has 0 amide bonds. The number of hydrogen-bond acceptors (Lipinski definition) is 8. The van der Waals surface area contributed by atoms with Gasteiger partial charge in [0.2, 0.25) is 0 Å². The minimum absolute atomic E-state index is 0.458. The van der Waals surface area contributed by atoms with Crippen LogP contribution in [0, 0.1) is 0 Å². The molecule has 0 N–H and O–H groups in total. The van der Waals surface area contributed by atoms with Crippen molar-refractivity contribution in [3.05, 3.63) is 219 Å². The summed E-state index contributed by atoms with van der Waals surface area (Å²) in [6.45, 7) is 18.7. The van der Waals surface area contributed by atoms with Crippen molar-refractivity contribution >= 4 is 77.0 Å². The Bertz CT molecular complexity index is 2730. The van der Waals surface area contributed by atoms with Crippen molar-refractivity contribution in [1.29, 1.82) is 0 Å². The van der Waals surface area contributed by atoms with Crippen molar-refractivity contribution in [3.63, 3.8) is 0 Å². The second-order valence-electron chi connectivity index (χ2n) is 14.3. The molecule has 6 aromatic carbocycles. The van der Waals surface area contributed by atoms with Gasteiger partial charge in [-0.25, -0.2) is 0 Å². The summed E-state index contributed by atoms with van der Waals surface area (Å²) in [6, 6.07) is 51.7. The molecule has 6 nitrogen and oxygen atoms in total. The van der Waals surface area contributed by atoms with Gasteiger partial charge < -0.3 is 28.7 Å². The van der Waals surface area contributed by atoms with Gasteiger partial charge in [-0.1, -0.05) is 123 Å². The van der Waals surface area contributed by atoms with Gasteiger partial charge in [-0.05, 0) is 77.7 Å². The highest BCUT2D eigenvalue weighted by molar-refractivity contribution is 7.28. The molecule has 8 aromatic rings. The number of hydrogen-bond donors (Lipinski definition) is 0. The first-order valence-corrected chi connectivity index (χ1v) is 21.5. The lowest BCUT2D eigenvalue weighted by Crippen LogP contribution is -2.09. The molecule has 61 heavy (non-hydrogen) atoms. The Kier molecular flexibility index (Phi) is 12.7. The summed E-state index contributed by atoms with van der Waals surface area (Å²) in [5, 5.41) is 6.97. The first-order valence-electron chi connectivity index (χ1n) is 19.9. The number of nitrogens with zero attached hydrogens (tertiary/aromatic N) is 2. The molecule has 0 saturated carbocycles. The molecule has 0 aliphatic rings. The highest BCUT2D eigenvalue weighted by Gasteiger charge is 2.26. The third-order valence-corrected chi connectivity index (χ3v) is 12.8. The van der Waals surface area contributed by atoms with E-state index in [0.717, 1.165) is 55.0 Å². The van der Waals surface area contributed by atoms with E-state index >= 15 is 0 Å². The van der Waals surface area contributed by atoms with Gasteiger partial charge in [0.25, 0.3) is 0 Å². The maximum absolute atomic E-state index is 5.76. The Labute approximate surface area is 365 Å². The Morgan fingerprint density at radius 3 is 1.03 bits per heavy atom. The molecule has 0 spiro atoms. The fourth-order valence-corrected chi connectivity index (χ4v) is 10.0. The molecule has 304 valence electrons. The van der Waals surface area contributed by atoms with Crippen molar-refractivity contribution in [2.45, 2.75) is 33.4 Å². The summed E-state index contributed by atoms with van der Waals surface area (Å²) >= 11 is 3.62. The lowest BCUT2D eigenvalue weighted by atomic mass is 10.1. The molecule has 2 heterocycles. The zero-order valence-electron chi connectivity index (χ0n) is 34.1. The molecule has 0 fully saturated rings. The molecule has 0 bridgehead atoms. The van der Waals surface area contributed by atoms with Crippen LogP contribution in [0.2, 0.25) is 0 Å². The second-order valence-corrected chi connectivity index (χ2v) is 16.3. The van der Waals surface area contributed by atoms with E-state index < -0.39 is 0 Å². The number of thiophene rings is 2. The zero-order chi connectivity index (χ0) is 42.1.